The number of rotatable bonds is 6. The van der Waals surface area contributed by atoms with Crippen molar-refractivity contribution in [3.8, 4) is 0 Å². The van der Waals surface area contributed by atoms with Gasteiger partial charge in [0.05, 0.1) is 26.0 Å². The van der Waals surface area contributed by atoms with Crippen LogP contribution in [0.3, 0.4) is 0 Å². The molecule has 96 valence electrons. The molecule has 2 rings (SSSR count). The molecule has 1 N–H and O–H groups in total. The van der Waals surface area contributed by atoms with Crippen LogP contribution in [0.25, 0.3) is 0 Å². The molecule has 0 bridgehead atoms. The normalized spacial score (nSPS) is 21.8. The van der Waals surface area contributed by atoms with Gasteiger partial charge in [0.25, 0.3) is 0 Å². The summed E-state index contributed by atoms with van der Waals surface area (Å²) in [5.41, 5.74) is 0. The highest BCUT2D eigenvalue weighted by Crippen LogP contribution is 2.09. The van der Waals surface area contributed by atoms with Gasteiger partial charge in [-0.05, 0) is 18.6 Å². The third kappa shape index (κ3) is 3.84. The molecule has 0 spiro atoms. The molecule has 1 fully saturated rings. The van der Waals surface area contributed by atoms with Crippen molar-refractivity contribution in [2.75, 3.05) is 32.8 Å². The summed E-state index contributed by atoms with van der Waals surface area (Å²) >= 11 is 0. The van der Waals surface area contributed by atoms with E-state index < -0.39 is 0 Å². The Balaban J connectivity index is 1.63. The van der Waals surface area contributed by atoms with Crippen LogP contribution >= 0.6 is 0 Å². The van der Waals surface area contributed by atoms with Crippen LogP contribution in [0.2, 0.25) is 0 Å². The second-order valence-corrected chi connectivity index (χ2v) is 4.43. The minimum atomic E-state index is 0.592. The molecule has 1 aliphatic rings. The van der Waals surface area contributed by atoms with E-state index in [-0.39, 0.29) is 0 Å². The van der Waals surface area contributed by atoms with Gasteiger partial charge in [-0.15, -0.1) is 0 Å². The minimum Gasteiger partial charge on any atom is -0.468 e. The second-order valence-electron chi connectivity index (χ2n) is 4.43. The maximum absolute atomic E-state index is 5.49. The standard InChI is InChI=1S/C13H22N2O2/c1-2-12-11-16-9-7-15(12)6-5-14-10-13-4-3-8-17-13/h3-4,8,12,14H,2,5-7,9-11H2,1H3. The van der Waals surface area contributed by atoms with Gasteiger partial charge in [0.15, 0.2) is 0 Å². The minimum absolute atomic E-state index is 0.592. The molecule has 17 heavy (non-hydrogen) atoms. The number of hydrogen-bond donors (Lipinski definition) is 1. The lowest BCUT2D eigenvalue weighted by Crippen LogP contribution is -2.47. The summed E-state index contributed by atoms with van der Waals surface area (Å²) in [6, 6.07) is 4.51. The topological polar surface area (TPSA) is 37.6 Å². The van der Waals surface area contributed by atoms with E-state index in [1.807, 2.05) is 12.1 Å². The van der Waals surface area contributed by atoms with Crippen molar-refractivity contribution >= 4 is 0 Å². The first kappa shape index (κ1) is 12.6. The Morgan fingerprint density at radius 2 is 2.47 bits per heavy atom. The SMILES string of the molecule is CCC1COCCN1CCNCc1ccco1. The summed E-state index contributed by atoms with van der Waals surface area (Å²) in [4.78, 5) is 2.51. The first-order valence-corrected chi connectivity index (χ1v) is 6.45. The predicted molar refractivity (Wildman–Crippen MR) is 66.9 cm³/mol. The van der Waals surface area contributed by atoms with Crippen LogP contribution in [-0.4, -0.2) is 43.8 Å². The van der Waals surface area contributed by atoms with Crippen LogP contribution in [0.1, 0.15) is 19.1 Å². The molecule has 4 nitrogen and oxygen atoms in total. The van der Waals surface area contributed by atoms with Gasteiger partial charge in [-0.3, -0.25) is 4.90 Å². The molecule has 1 atom stereocenters. The Labute approximate surface area is 103 Å². The average Bonchev–Trinajstić information content (AvgIpc) is 2.88. The monoisotopic (exact) mass is 238 g/mol. The highest BCUT2D eigenvalue weighted by Gasteiger charge is 2.20. The summed E-state index contributed by atoms with van der Waals surface area (Å²) in [5, 5.41) is 3.40. The van der Waals surface area contributed by atoms with Gasteiger partial charge in [0.1, 0.15) is 5.76 Å². The zero-order valence-electron chi connectivity index (χ0n) is 10.5. The van der Waals surface area contributed by atoms with E-state index in [1.54, 1.807) is 6.26 Å². The van der Waals surface area contributed by atoms with Gasteiger partial charge >= 0.3 is 0 Å². The zero-order valence-corrected chi connectivity index (χ0v) is 10.5. The first-order chi connectivity index (χ1) is 8.40. The van der Waals surface area contributed by atoms with Crippen LogP contribution in [-0.2, 0) is 11.3 Å². The molecule has 1 aromatic rings. The van der Waals surface area contributed by atoms with E-state index in [0.717, 1.165) is 51.6 Å². The van der Waals surface area contributed by atoms with E-state index in [1.165, 1.54) is 0 Å². The van der Waals surface area contributed by atoms with Crippen LogP contribution in [0.4, 0.5) is 0 Å². The van der Waals surface area contributed by atoms with Gasteiger partial charge < -0.3 is 14.5 Å². The fourth-order valence-corrected chi connectivity index (χ4v) is 2.21. The fourth-order valence-electron chi connectivity index (χ4n) is 2.21. The van der Waals surface area contributed by atoms with E-state index in [0.29, 0.717) is 6.04 Å². The second kappa shape index (κ2) is 6.79. The average molecular weight is 238 g/mol. The highest BCUT2D eigenvalue weighted by atomic mass is 16.5. The third-order valence-electron chi connectivity index (χ3n) is 3.28. The molecule has 1 aliphatic heterocycles. The van der Waals surface area contributed by atoms with Crippen LogP contribution in [0, 0.1) is 0 Å². The van der Waals surface area contributed by atoms with Gasteiger partial charge in [-0.2, -0.15) is 0 Å². The number of hydrogen-bond acceptors (Lipinski definition) is 4. The van der Waals surface area contributed by atoms with Crippen molar-refractivity contribution in [1.29, 1.82) is 0 Å². The number of furan rings is 1. The molecular formula is C13H22N2O2. The van der Waals surface area contributed by atoms with Gasteiger partial charge in [0, 0.05) is 25.7 Å². The maximum atomic E-state index is 5.49. The number of nitrogens with one attached hydrogen (secondary N) is 1. The molecule has 4 heteroatoms. The van der Waals surface area contributed by atoms with Crippen LogP contribution in [0.15, 0.2) is 22.8 Å². The van der Waals surface area contributed by atoms with Gasteiger partial charge in [-0.25, -0.2) is 0 Å². The highest BCUT2D eigenvalue weighted by molar-refractivity contribution is 4.97. The molecule has 0 radical (unpaired) electrons. The smallest absolute Gasteiger partial charge is 0.117 e. The Morgan fingerprint density at radius 3 is 3.24 bits per heavy atom. The quantitative estimate of drug-likeness (QED) is 0.762. The van der Waals surface area contributed by atoms with E-state index >= 15 is 0 Å². The van der Waals surface area contributed by atoms with Crippen molar-refractivity contribution in [1.82, 2.24) is 10.2 Å². The number of ether oxygens (including phenoxy) is 1. The van der Waals surface area contributed by atoms with E-state index in [9.17, 15) is 0 Å². The number of morpholine rings is 1. The predicted octanol–water partition coefficient (Wildman–Crippen LogP) is 1.48. The molecule has 0 saturated carbocycles. The van der Waals surface area contributed by atoms with Gasteiger partial charge in [0.2, 0.25) is 0 Å². The largest absolute Gasteiger partial charge is 0.468 e. The van der Waals surface area contributed by atoms with Gasteiger partial charge in [-0.1, -0.05) is 6.92 Å². The van der Waals surface area contributed by atoms with Crippen molar-refractivity contribution in [3.05, 3.63) is 24.2 Å². The van der Waals surface area contributed by atoms with Crippen molar-refractivity contribution in [2.24, 2.45) is 0 Å². The van der Waals surface area contributed by atoms with Crippen LogP contribution < -0.4 is 5.32 Å². The third-order valence-corrected chi connectivity index (χ3v) is 3.28. The number of nitrogens with zero attached hydrogens (tertiary/aromatic N) is 1. The van der Waals surface area contributed by atoms with Crippen molar-refractivity contribution < 1.29 is 9.15 Å². The summed E-state index contributed by atoms with van der Waals surface area (Å²) < 4.78 is 10.8. The fraction of sp³-hybridized carbons (Fsp3) is 0.692. The Kier molecular flexibility index (Phi) is 5.04. The Morgan fingerprint density at radius 1 is 1.53 bits per heavy atom. The lowest BCUT2D eigenvalue weighted by atomic mass is 10.2. The van der Waals surface area contributed by atoms with Crippen molar-refractivity contribution in [3.63, 3.8) is 0 Å². The maximum Gasteiger partial charge on any atom is 0.117 e. The van der Waals surface area contributed by atoms with E-state index in [2.05, 4.69) is 17.1 Å². The molecule has 0 amide bonds. The molecule has 2 heterocycles. The zero-order chi connectivity index (χ0) is 11.9. The molecular weight excluding hydrogens is 216 g/mol. The first-order valence-electron chi connectivity index (χ1n) is 6.45. The lowest BCUT2D eigenvalue weighted by Gasteiger charge is -2.35. The van der Waals surface area contributed by atoms with Crippen LogP contribution in [0.5, 0.6) is 0 Å². The summed E-state index contributed by atoms with van der Waals surface area (Å²) in [6.45, 7) is 7.93. The lowest BCUT2D eigenvalue weighted by molar-refractivity contribution is -0.00790. The molecule has 1 unspecified atom stereocenters. The summed E-state index contributed by atoms with van der Waals surface area (Å²) in [6.07, 6.45) is 2.88. The van der Waals surface area contributed by atoms with Crippen molar-refractivity contribution in [2.45, 2.75) is 25.9 Å². The summed E-state index contributed by atoms with van der Waals surface area (Å²) in [7, 11) is 0. The van der Waals surface area contributed by atoms with E-state index in [4.69, 9.17) is 9.15 Å². The molecule has 1 saturated heterocycles. The molecule has 1 aromatic heterocycles. The molecule has 0 aromatic carbocycles. The Hall–Kier alpha value is -0.840. The Bertz CT molecular complexity index is 300. The summed E-state index contributed by atoms with van der Waals surface area (Å²) in [5.74, 6) is 0.999. The molecule has 0 aliphatic carbocycles.